The second kappa shape index (κ2) is 10.5. The lowest BCUT2D eigenvalue weighted by molar-refractivity contribution is -0.123. The molecule has 1 aromatic heterocycles. The number of fused-ring (bicyclic) bond motifs is 4. The first-order valence-corrected chi connectivity index (χ1v) is 15.6. The van der Waals surface area contributed by atoms with Crippen LogP contribution in [0.15, 0.2) is 105 Å². The van der Waals surface area contributed by atoms with E-state index in [2.05, 4.69) is 20.9 Å². The molecular weight excluding hydrogens is 652 g/mol. The highest BCUT2D eigenvalue weighted by Gasteiger charge is 2.57. The molecular formula is C36H25BrN2O7. The van der Waals surface area contributed by atoms with Gasteiger partial charge in [-0.2, -0.15) is 0 Å². The van der Waals surface area contributed by atoms with Gasteiger partial charge in [0.05, 0.1) is 29.1 Å². The molecule has 1 fully saturated rings. The topological polar surface area (TPSA) is 127 Å². The molecule has 10 heteroatoms. The van der Waals surface area contributed by atoms with E-state index >= 15 is 0 Å². The molecule has 8 rings (SSSR count). The minimum absolute atomic E-state index is 0.0651. The van der Waals surface area contributed by atoms with Gasteiger partial charge in [-0.25, -0.2) is 4.98 Å². The molecule has 1 saturated heterocycles. The van der Waals surface area contributed by atoms with E-state index in [1.807, 2.05) is 30.3 Å². The molecule has 3 aliphatic carbocycles. The molecule has 2 heterocycles. The van der Waals surface area contributed by atoms with Gasteiger partial charge in [0.1, 0.15) is 17.0 Å². The lowest BCUT2D eigenvalue weighted by Crippen LogP contribution is -2.39. The molecule has 2 amide bonds. The molecule has 4 aliphatic rings. The number of imide groups is 1. The summed E-state index contributed by atoms with van der Waals surface area (Å²) in [5, 5.41) is 11.0. The number of carbonyl (C=O) groups is 4. The minimum atomic E-state index is -0.786. The first-order valence-electron chi connectivity index (χ1n) is 14.8. The van der Waals surface area contributed by atoms with Crippen LogP contribution in [0.3, 0.4) is 0 Å². The van der Waals surface area contributed by atoms with E-state index in [1.54, 1.807) is 36.4 Å². The number of ether oxygens (including phenoxy) is 1. The Balaban J connectivity index is 1.17. The van der Waals surface area contributed by atoms with Gasteiger partial charge in [-0.3, -0.25) is 24.1 Å². The van der Waals surface area contributed by atoms with Crippen LogP contribution < -0.4 is 9.64 Å². The number of hydrogen-bond acceptors (Lipinski definition) is 8. The lowest BCUT2D eigenvalue weighted by Gasteiger charge is -2.42. The molecule has 46 heavy (non-hydrogen) atoms. The molecule has 0 spiro atoms. The van der Waals surface area contributed by atoms with E-state index in [-0.39, 0.29) is 57.6 Å². The average molecular weight is 678 g/mol. The maximum Gasteiger partial charge on any atom is 0.238 e. The number of anilines is 1. The molecule has 9 nitrogen and oxygen atoms in total. The Morgan fingerprint density at radius 2 is 1.76 bits per heavy atom. The van der Waals surface area contributed by atoms with E-state index < -0.39 is 23.7 Å². The number of amides is 2. The number of phenolic OH excluding ortho intramolecular Hbond substituents is 1. The Morgan fingerprint density at radius 1 is 0.978 bits per heavy atom. The van der Waals surface area contributed by atoms with Crippen LogP contribution in [0.2, 0.25) is 0 Å². The maximum absolute atomic E-state index is 14.2. The normalized spacial score (nSPS) is 24.1. The lowest BCUT2D eigenvalue weighted by atomic mass is 9.59. The number of benzene rings is 3. The predicted octanol–water partition coefficient (Wildman–Crippen LogP) is 6.18. The number of allylic oxidation sites excluding steroid dienone is 6. The summed E-state index contributed by atoms with van der Waals surface area (Å²) in [5.74, 6) is -3.23. The fourth-order valence-corrected chi connectivity index (χ4v) is 7.90. The number of para-hydroxylation sites is 2. The van der Waals surface area contributed by atoms with Crippen molar-refractivity contribution < 1.29 is 33.4 Å². The van der Waals surface area contributed by atoms with Gasteiger partial charge in [-0.1, -0.05) is 23.8 Å². The largest absolute Gasteiger partial charge is 0.508 e. The van der Waals surface area contributed by atoms with Crippen LogP contribution in [0, 0.1) is 17.8 Å². The molecule has 0 bridgehead atoms. The number of aromatic hydroxyl groups is 1. The van der Waals surface area contributed by atoms with E-state index in [1.165, 1.54) is 24.2 Å². The van der Waals surface area contributed by atoms with Crippen LogP contribution in [0.5, 0.6) is 11.5 Å². The van der Waals surface area contributed by atoms with E-state index in [0.717, 1.165) is 11.1 Å². The molecule has 0 unspecified atom stereocenters. The number of ketones is 2. The van der Waals surface area contributed by atoms with Crippen LogP contribution in [0.4, 0.5) is 5.69 Å². The summed E-state index contributed by atoms with van der Waals surface area (Å²) in [6, 6.07) is 19.1. The summed E-state index contributed by atoms with van der Waals surface area (Å²) in [6.07, 6.45) is 3.58. The van der Waals surface area contributed by atoms with E-state index in [0.29, 0.717) is 34.0 Å². The Morgan fingerprint density at radius 3 is 2.52 bits per heavy atom. The number of oxazole rings is 1. The summed E-state index contributed by atoms with van der Waals surface area (Å²) in [5.41, 5.74) is 4.22. The summed E-state index contributed by atoms with van der Waals surface area (Å²) < 4.78 is 11.4. The van der Waals surface area contributed by atoms with Gasteiger partial charge in [0.25, 0.3) is 0 Å². The third-order valence-corrected chi connectivity index (χ3v) is 10.1. The number of carbonyl (C=O) groups excluding carboxylic acids is 4. The Kier molecular flexibility index (Phi) is 6.47. The number of phenols is 1. The number of nitrogens with zero attached hydrogens (tertiary/aromatic N) is 2. The zero-order valence-corrected chi connectivity index (χ0v) is 26.0. The van der Waals surface area contributed by atoms with Crippen LogP contribution in [0.25, 0.3) is 22.6 Å². The highest BCUT2D eigenvalue weighted by Crippen LogP contribution is 2.56. The van der Waals surface area contributed by atoms with Crippen molar-refractivity contribution in [3.63, 3.8) is 0 Å². The van der Waals surface area contributed by atoms with Crippen molar-refractivity contribution in [1.29, 1.82) is 0 Å². The van der Waals surface area contributed by atoms with Gasteiger partial charge < -0.3 is 14.3 Å². The average Bonchev–Trinajstić information content (AvgIpc) is 3.61. The molecule has 3 aromatic carbocycles. The van der Waals surface area contributed by atoms with Crippen LogP contribution in [-0.2, 0) is 19.2 Å². The minimum Gasteiger partial charge on any atom is -0.508 e. The van der Waals surface area contributed by atoms with Gasteiger partial charge in [-0.15, -0.1) is 0 Å². The Hall–Kier alpha value is -5.09. The van der Waals surface area contributed by atoms with Gasteiger partial charge >= 0.3 is 0 Å². The molecule has 0 saturated carbocycles. The van der Waals surface area contributed by atoms with Crippen molar-refractivity contribution in [3.8, 4) is 23.0 Å². The first-order chi connectivity index (χ1) is 22.2. The number of methoxy groups -OCH3 is 1. The van der Waals surface area contributed by atoms with Crippen molar-refractivity contribution in [2.75, 3.05) is 12.0 Å². The molecule has 4 aromatic rings. The molecule has 0 radical (unpaired) electrons. The van der Waals surface area contributed by atoms with Crippen molar-refractivity contribution in [2.45, 2.75) is 18.8 Å². The molecule has 4 atom stereocenters. The smallest absolute Gasteiger partial charge is 0.238 e. The highest BCUT2D eigenvalue weighted by molar-refractivity contribution is 9.12. The zero-order valence-electron chi connectivity index (χ0n) is 24.4. The van der Waals surface area contributed by atoms with Crippen molar-refractivity contribution in [1.82, 2.24) is 4.98 Å². The summed E-state index contributed by atoms with van der Waals surface area (Å²) in [6.45, 7) is 0. The summed E-state index contributed by atoms with van der Waals surface area (Å²) in [7, 11) is 1.50. The second-order valence-electron chi connectivity index (χ2n) is 11.9. The Bertz CT molecular complexity index is 2090. The maximum atomic E-state index is 14.2. The van der Waals surface area contributed by atoms with Gasteiger partial charge in [0, 0.05) is 34.3 Å². The SMILES string of the molecule is COc1ccc(O)c([C@H]2C3=CC[C@@H]4C(=O)N(c5ccc(-c6nc7ccccc7o6)cc5)C(=O)[C@@H]4[C@@H]3CC3=C2C(=O)C=C(Br)C3=O)c1. The highest BCUT2D eigenvalue weighted by atomic mass is 79.9. The van der Waals surface area contributed by atoms with E-state index in [4.69, 9.17) is 9.15 Å². The van der Waals surface area contributed by atoms with Crippen molar-refractivity contribution >= 4 is 56.1 Å². The third kappa shape index (κ3) is 4.16. The number of rotatable bonds is 4. The molecule has 1 aliphatic heterocycles. The molecule has 228 valence electrons. The standard InChI is InChI=1S/C36H25BrN2O7/c1-45-19-10-13-27(40)23(14-19)30-20-11-12-21-31(22(20)15-24-32(30)28(41)16-25(37)33(24)42)36(44)39(35(21)43)18-8-6-17(7-9-18)34-38-26-4-2-3-5-29(26)46-34/h2-11,13-14,16,21-22,30-31,40H,12,15H2,1H3/t21-,22+,30+,31-/m0/s1. The number of halogens is 1. The van der Waals surface area contributed by atoms with Crippen LogP contribution in [-0.4, -0.2) is 40.6 Å². The van der Waals surface area contributed by atoms with Gasteiger partial charge in [0.2, 0.25) is 17.7 Å². The monoisotopic (exact) mass is 676 g/mol. The fourth-order valence-electron chi connectivity index (χ4n) is 7.46. The Labute approximate surface area is 271 Å². The van der Waals surface area contributed by atoms with Gasteiger partial charge in [0.15, 0.2) is 17.1 Å². The zero-order chi connectivity index (χ0) is 31.9. The number of hydrogen-bond donors (Lipinski definition) is 1. The van der Waals surface area contributed by atoms with Gasteiger partial charge in [-0.05, 0) is 89.3 Å². The number of aromatic nitrogens is 1. The van der Waals surface area contributed by atoms with Crippen LogP contribution >= 0.6 is 15.9 Å². The summed E-state index contributed by atoms with van der Waals surface area (Å²) >= 11 is 3.24. The summed E-state index contributed by atoms with van der Waals surface area (Å²) in [4.78, 5) is 60.8. The molecule has 1 N–H and O–H groups in total. The van der Waals surface area contributed by atoms with Crippen molar-refractivity contribution in [3.05, 3.63) is 106 Å². The third-order valence-electron chi connectivity index (χ3n) is 9.54. The number of Topliss-reactive ketones (excluding diaryl/α,β-unsaturated/α-hetero) is 1. The van der Waals surface area contributed by atoms with E-state index in [9.17, 15) is 24.3 Å². The van der Waals surface area contributed by atoms with Crippen LogP contribution in [0.1, 0.15) is 24.3 Å². The second-order valence-corrected chi connectivity index (χ2v) is 12.7. The quantitative estimate of drug-likeness (QED) is 0.154. The first kappa shape index (κ1) is 28.4. The predicted molar refractivity (Wildman–Crippen MR) is 171 cm³/mol. The van der Waals surface area contributed by atoms with Crippen molar-refractivity contribution in [2.24, 2.45) is 17.8 Å². The fraction of sp³-hybridized carbons (Fsp3) is 0.194.